The van der Waals surface area contributed by atoms with Crippen LogP contribution in [-0.2, 0) is 0 Å². The molecule has 0 rings (SSSR count). The normalized spacial score (nSPS) is 8.30. The first-order valence-corrected chi connectivity index (χ1v) is 2.93. The van der Waals surface area contributed by atoms with Crippen LogP contribution in [0.15, 0.2) is 5.11 Å². The van der Waals surface area contributed by atoms with Crippen LogP contribution in [0.1, 0.15) is 6.42 Å². The van der Waals surface area contributed by atoms with E-state index in [1.54, 1.807) is 0 Å². The van der Waals surface area contributed by atoms with E-state index in [1.807, 2.05) is 14.1 Å². The third-order valence-electron chi connectivity index (χ3n) is 0.927. The van der Waals surface area contributed by atoms with Crippen LogP contribution in [0, 0.1) is 0 Å². The summed E-state index contributed by atoms with van der Waals surface area (Å²) in [5.74, 6) is 0. The summed E-state index contributed by atoms with van der Waals surface area (Å²) in [5, 5.41) is 3.40. The summed E-state index contributed by atoms with van der Waals surface area (Å²) in [7, 11) is 3.99. The number of hydrogen-bond donors (Lipinski definition) is 0. The quantitative estimate of drug-likeness (QED) is 0.270. The third-order valence-corrected chi connectivity index (χ3v) is 0.927. The molecule has 0 aromatic rings. The van der Waals surface area contributed by atoms with Gasteiger partial charge in [-0.05, 0) is 32.6 Å². The molecule has 0 amide bonds. The van der Waals surface area contributed by atoms with Crippen LogP contribution >= 0.6 is 12.4 Å². The highest BCUT2D eigenvalue weighted by Gasteiger charge is 1.86. The summed E-state index contributed by atoms with van der Waals surface area (Å²) in [5.41, 5.74) is 7.88. The van der Waals surface area contributed by atoms with E-state index < -0.39 is 0 Å². The molecule has 0 fully saturated rings. The smallest absolute Gasteiger partial charge is 0.0270 e. The molecule has 0 aliphatic carbocycles. The van der Waals surface area contributed by atoms with Crippen LogP contribution in [0.5, 0.6) is 0 Å². The Bertz CT molecular complexity index is 108. The fourth-order valence-electron chi connectivity index (χ4n) is 0.502. The average molecular weight is 165 g/mol. The molecule has 10 heavy (non-hydrogen) atoms. The van der Waals surface area contributed by atoms with Crippen molar-refractivity contribution in [1.82, 2.24) is 4.90 Å². The largest absolute Gasteiger partial charge is 0.309 e. The Labute approximate surface area is 67.2 Å². The van der Waals surface area contributed by atoms with Gasteiger partial charge < -0.3 is 4.90 Å². The molecule has 0 spiro atoms. The zero-order valence-electron chi connectivity index (χ0n) is 6.32. The Morgan fingerprint density at radius 1 is 1.50 bits per heavy atom. The Hall–Kier alpha value is -0.440. The van der Waals surface area contributed by atoms with Crippen LogP contribution in [0.3, 0.4) is 0 Å². The van der Waals surface area contributed by atoms with Gasteiger partial charge in [-0.3, -0.25) is 0 Å². The molecular formula is C5H13ClN4. The lowest BCUT2D eigenvalue weighted by Crippen LogP contribution is -2.13. The van der Waals surface area contributed by atoms with Gasteiger partial charge in [0.15, 0.2) is 0 Å². The minimum atomic E-state index is 0. The Morgan fingerprint density at radius 3 is 2.50 bits per heavy atom. The molecule has 0 radical (unpaired) electrons. The molecule has 0 heterocycles. The Morgan fingerprint density at radius 2 is 2.10 bits per heavy atom. The molecule has 0 aromatic heterocycles. The van der Waals surface area contributed by atoms with E-state index in [0.717, 1.165) is 13.0 Å². The lowest BCUT2D eigenvalue weighted by atomic mass is 10.4. The number of hydrogen-bond acceptors (Lipinski definition) is 2. The van der Waals surface area contributed by atoms with Gasteiger partial charge in [0.2, 0.25) is 0 Å². The van der Waals surface area contributed by atoms with Gasteiger partial charge in [-0.25, -0.2) is 0 Å². The predicted octanol–water partition coefficient (Wildman–Crippen LogP) is 1.67. The number of halogens is 1. The summed E-state index contributed by atoms with van der Waals surface area (Å²) < 4.78 is 0. The number of nitrogens with zero attached hydrogens (tertiary/aromatic N) is 4. The van der Waals surface area contributed by atoms with E-state index in [0.29, 0.717) is 6.54 Å². The molecule has 0 saturated carbocycles. The van der Waals surface area contributed by atoms with Crippen molar-refractivity contribution in [1.29, 1.82) is 0 Å². The maximum atomic E-state index is 7.88. The highest BCUT2D eigenvalue weighted by atomic mass is 35.5. The van der Waals surface area contributed by atoms with Crippen molar-refractivity contribution in [2.24, 2.45) is 5.11 Å². The summed E-state index contributed by atoms with van der Waals surface area (Å²) >= 11 is 0. The monoisotopic (exact) mass is 164 g/mol. The van der Waals surface area contributed by atoms with E-state index in [9.17, 15) is 0 Å². The maximum Gasteiger partial charge on any atom is 0.0270 e. The minimum absolute atomic E-state index is 0. The van der Waals surface area contributed by atoms with Crippen LogP contribution < -0.4 is 0 Å². The van der Waals surface area contributed by atoms with E-state index in [1.165, 1.54) is 0 Å². The standard InChI is InChI=1S/C5H12N4.ClH/c1-9(2)5-3-4-7-8-6;/h3-5H2,1-2H3;1H. The topological polar surface area (TPSA) is 52.0 Å². The summed E-state index contributed by atoms with van der Waals surface area (Å²) in [6.07, 6.45) is 0.942. The van der Waals surface area contributed by atoms with Gasteiger partial charge in [-0.2, -0.15) is 0 Å². The highest BCUT2D eigenvalue weighted by Crippen LogP contribution is 1.83. The fraction of sp³-hybridized carbons (Fsp3) is 1.00. The van der Waals surface area contributed by atoms with Crippen molar-refractivity contribution < 1.29 is 0 Å². The molecule has 5 heteroatoms. The van der Waals surface area contributed by atoms with Crippen molar-refractivity contribution in [3.63, 3.8) is 0 Å². The zero-order valence-corrected chi connectivity index (χ0v) is 7.13. The first-order chi connectivity index (χ1) is 4.27. The summed E-state index contributed by atoms with van der Waals surface area (Å²) in [6, 6.07) is 0. The fourth-order valence-corrected chi connectivity index (χ4v) is 0.502. The molecule has 4 nitrogen and oxygen atoms in total. The van der Waals surface area contributed by atoms with Gasteiger partial charge in [-0.15, -0.1) is 12.4 Å². The molecule has 0 aliphatic heterocycles. The molecule has 0 atom stereocenters. The second kappa shape index (κ2) is 8.56. The summed E-state index contributed by atoms with van der Waals surface area (Å²) in [4.78, 5) is 4.70. The van der Waals surface area contributed by atoms with Crippen molar-refractivity contribution in [2.45, 2.75) is 6.42 Å². The number of azide groups is 1. The Kier molecular flexibility index (Phi) is 10.5. The molecule has 0 aliphatic rings. The van der Waals surface area contributed by atoms with Gasteiger partial charge in [-0.1, -0.05) is 5.11 Å². The Balaban J connectivity index is 0. The zero-order chi connectivity index (χ0) is 7.11. The first-order valence-electron chi connectivity index (χ1n) is 2.93. The van der Waals surface area contributed by atoms with Gasteiger partial charge in [0, 0.05) is 11.5 Å². The van der Waals surface area contributed by atoms with E-state index in [-0.39, 0.29) is 12.4 Å². The van der Waals surface area contributed by atoms with Gasteiger partial charge in [0.05, 0.1) is 0 Å². The first kappa shape index (κ1) is 12.3. The molecule has 0 aromatic carbocycles. The van der Waals surface area contributed by atoms with Crippen molar-refractivity contribution in [3.8, 4) is 0 Å². The average Bonchev–Trinajstić information content (AvgIpc) is 1.80. The van der Waals surface area contributed by atoms with E-state index in [2.05, 4.69) is 14.9 Å². The lowest BCUT2D eigenvalue weighted by Gasteiger charge is -2.05. The van der Waals surface area contributed by atoms with Crippen LogP contribution in [-0.4, -0.2) is 32.1 Å². The predicted molar refractivity (Wildman–Crippen MR) is 44.4 cm³/mol. The van der Waals surface area contributed by atoms with E-state index >= 15 is 0 Å². The maximum absolute atomic E-state index is 7.88. The van der Waals surface area contributed by atoms with Crippen molar-refractivity contribution >= 4 is 12.4 Å². The molecule has 60 valence electrons. The second-order valence-electron chi connectivity index (χ2n) is 2.11. The molecule has 0 saturated heterocycles. The van der Waals surface area contributed by atoms with Crippen LogP contribution in [0.4, 0.5) is 0 Å². The molecule has 0 N–H and O–H groups in total. The second-order valence-corrected chi connectivity index (χ2v) is 2.11. The lowest BCUT2D eigenvalue weighted by molar-refractivity contribution is 0.403. The van der Waals surface area contributed by atoms with Crippen molar-refractivity contribution in [2.75, 3.05) is 27.2 Å². The summed E-state index contributed by atoms with van der Waals surface area (Å²) in [6.45, 7) is 1.59. The van der Waals surface area contributed by atoms with Crippen molar-refractivity contribution in [3.05, 3.63) is 10.4 Å². The third kappa shape index (κ3) is 10.5. The highest BCUT2D eigenvalue weighted by molar-refractivity contribution is 5.85. The van der Waals surface area contributed by atoms with Crippen LogP contribution in [0.25, 0.3) is 10.4 Å². The van der Waals surface area contributed by atoms with Gasteiger partial charge >= 0.3 is 0 Å². The minimum Gasteiger partial charge on any atom is -0.309 e. The molecule has 0 unspecified atom stereocenters. The van der Waals surface area contributed by atoms with E-state index in [4.69, 9.17) is 5.53 Å². The molecule has 0 bridgehead atoms. The molecular weight excluding hydrogens is 152 g/mol. The SMILES string of the molecule is CN(C)CCCN=[N+]=[N-].Cl. The van der Waals surface area contributed by atoms with Crippen LogP contribution in [0.2, 0.25) is 0 Å². The number of rotatable bonds is 4. The van der Waals surface area contributed by atoms with Gasteiger partial charge in [0.25, 0.3) is 0 Å². The van der Waals surface area contributed by atoms with Gasteiger partial charge in [0.1, 0.15) is 0 Å².